The Morgan fingerprint density at radius 1 is 0.903 bits per heavy atom. The molecule has 3 heteroatoms. The van der Waals surface area contributed by atoms with Gasteiger partial charge in [-0.2, -0.15) is 8.78 Å². The lowest BCUT2D eigenvalue weighted by atomic mass is 9.67. The highest BCUT2D eigenvalue weighted by atomic mass is 35.5. The smallest absolute Gasteiger partial charge is 0.196 e. The number of alkyl halides is 2. The summed E-state index contributed by atoms with van der Waals surface area (Å²) in [5, 5.41) is 0.474. The molecule has 0 nitrogen and oxygen atoms in total. The SMILES string of the molecule is CC1c2ccccc2C(c2ccc3c(c2)-c2cc(Cl)ccc2C3(F)F)=C2C=CCCC21. The minimum absolute atomic E-state index is 0.0369. The molecule has 0 spiro atoms. The van der Waals surface area contributed by atoms with Gasteiger partial charge in [0.15, 0.2) is 0 Å². The molecule has 2 unspecified atom stereocenters. The molecule has 0 N–H and O–H groups in total. The second-order valence-electron chi connectivity index (χ2n) is 8.82. The highest BCUT2D eigenvalue weighted by Gasteiger charge is 2.44. The molecule has 0 fully saturated rings. The van der Waals surface area contributed by atoms with Crippen molar-refractivity contribution in [2.45, 2.75) is 31.6 Å². The second-order valence-corrected chi connectivity index (χ2v) is 9.25. The molecule has 3 aliphatic carbocycles. The van der Waals surface area contributed by atoms with Crippen molar-refractivity contribution < 1.29 is 8.78 Å². The average Bonchev–Trinajstić information content (AvgIpc) is 3.00. The van der Waals surface area contributed by atoms with Gasteiger partial charge in [-0.25, -0.2) is 0 Å². The van der Waals surface area contributed by atoms with Crippen LogP contribution >= 0.6 is 11.6 Å². The summed E-state index contributed by atoms with van der Waals surface area (Å²) in [5.41, 5.74) is 7.27. The monoisotopic (exact) mass is 430 g/mol. The molecule has 0 amide bonds. The molecule has 3 aromatic carbocycles. The maximum atomic E-state index is 15.1. The molecule has 0 heterocycles. The van der Waals surface area contributed by atoms with Crippen molar-refractivity contribution in [1.29, 1.82) is 0 Å². The van der Waals surface area contributed by atoms with Gasteiger partial charge in [-0.15, -0.1) is 0 Å². The molecule has 3 aromatic rings. The van der Waals surface area contributed by atoms with Gasteiger partial charge in [0.05, 0.1) is 0 Å². The zero-order chi connectivity index (χ0) is 21.3. The topological polar surface area (TPSA) is 0 Å². The van der Waals surface area contributed by atoms with Crippen LogP contribution in [0.2, 0.25) is 5.02 Å². The molecular weight excluding hydrogens is 410 g/mol. The Morgan fingerprint density at radius 2 is 1.65 bits per heavy atom. The fourth-order valence-corrected chi connectivity index (χ4v) is 5.90. The summed E-state index contributed by atoms with van der Waals surface area (Å²) in [6.07, 6.45) is 6.69. The number of hydrogen-bond donors (Lipinski definition) is 0. The Balaban J connectivity index is 1.62. The van der Waals surface area contributed by atoms with Crippen LogP contribution in [0.25, 0.3) is 16.7 Å². The third-order valence-electron chi connectivity index (χ3n) is 7.21. The number of benzene rings is 3. The number of halogens is 3. The van der Waals surface area contributed by atoms with E-state index in [9.17, 15) is 0 Å². The van der Waals surface area contributed by atoms with E-state index in [4.69, 9.17) is 11.6 Å². The van der Waals surface area contributed by atoms with Gasteiger partial charge in [0, 0.05) is 16.1 Å². The molecule has 6 rings (SSSR count). The van der Waals surface area contributed by atoms with Gasteiger partial charge in [0.2, 0.25) is 0 Å². The molecule has 0 aromatic heterocycles. The van der Waals surface area contributed by atoms with Gasteiger partial charge < -0.3 is 0 Å². The first-order valence-electron chi connectivity index (χ1n) is 10.8. The van der Waals surface area contributed by atoms with E-state index < -0.39 is 5.92 Å². The maximum absolute atomic E-state index is 15.1. The van der Waals surface area contributed by atoms with Crippen LogP contribution in [0.15, 0.2) is 78.4 Å². The van der Waals surface area contributed by atoms with Gasteiger partial charge in [-0.05, 0) is 81.8 Å². The van der Waals surface area contributed by atoms with Crippen LogP contribution in [-0.2, 0) is 5.92 Å². The summed E-state index contributed by atoms with van der Waals surface area (Å²) < 4.78 is 30.3. The Hall–Kier alpha value is -2.71. The minimum Gasteiger partial charge on any atom is -0.196 e. The van der Waals surface area contributed by atoms with Crippen molar-refractivity contribution >= 4 is 17.2 Å². The largest absolute Gasteiger partial charge is 0.299 e. The van der Waals surface area contributed by atoms with Crippen molar-refractivity contribution in [3.05, 3.63) is 111 Å². The summed E-state index contributed by atoms with van der Waals surface area (Å²) in [6.45, 7) is 2.31. The maximum Gasteiger partial charge on any atom is 0.299 e. The number of rotatable bonds is 1. The average molecular weight is 431 g/mol. The van der Waals surface area contributed by atoms with Crippen molar-refractivity contribution in [2.75, 3.05) is 0 Å². The summed E-state index contributed by atoms with van der Waals surface area (Å²) in [5.74, 6) is -2.11. The van der Waals surface area contributed by atoms with E-state index in [1.165, 1.54) is 28.3 Å². The van der Waals surface area contributed by atoms with Crippen LogP contribution in [0.4, 0.5) is 8.78 Å². The second kappa shape index (κ2) is 6.64. The fraction of sp³-hybridized carbons (Fsp3) is 0.214. The van der Waals surface area contributed by atoms with Crippen molar-refractivity contribution in [3.63, 3.8) is 0 Å². The Kier molecular flexibility index (Phi) is 4.07. The van der Waals surface area contributed by atoms with Gasteiger partial charge in [-0.3, -0.25) is 0 Å². The molecule has 0 saturated heterocycles. The van der Waals surface area contributed by atoms with E-state index >= 15 is 8.78 Å². The van der Waals surface area contributed by atoms with Crippen LogP contribution in [0.5, 0.6) is 0 Å². The van der Waals surface area contributed by atoms with E-state index in [1.807, 2.05) is 12.1 Å². The highest BCUT2D eigenvalue weighted by Crippen LogP contribution is 2.54. The first kappa shape index (κ1) is 19.0. The minimum atomic E-state index is -3.00. The van der Waals surface area contributed by atoms with Crippen molar-refractivity contribution in [3.8, 4) is 11.1 Å². The Morgan fingerprint density at radius 3 is 2.48 bits per heavy atom. The number of hydrogen-bond acceptors (Lipinski definition) is 0. The highest BCUT2D eigenvalue weighted by molar-refractivity contribution is 6.31. The molecule has 31 heavy (non-hydrogen) atoms. The summed E-state index contributed by atoms with van der Waals surface area (Å²) in [6, 6.07) is 18.6. The molecule has 154 valence electrons. The Bertz CT molecular complexity index is 1300. The molecule has 2 atom stereocenters. The molecule has 0 aliphatic heterocycles. The molecule has 0 radical (unpaired) electrons. The van der Waals surface area contributed by atoms with Crippen LogP contribution in [-0.4, -0.2) is 0 Å². The number of fused-ring (bicyclic) bond motifs is 5. The lowest BCUT2D eigenvalue weighted by molar-refractivity contribution is 0.0480. The van der Waals surface area contributed by atoms with E-state index in [-0.39, 0.29) is 11.1 Å². The van der Waals surface area contributed by atoms with Gasteiger partial charge in [0.25, 0.3) is 5.92 Å². The predicted octanol–water partition coefficient (Wildman–Crippen LogP) is 8.35. The quantitative estimate of drug-likeness (QED) is 0.364. The van der Waals surface area contributed by atoms with Gasteiger partial charge >= 0.3 is 0 Å². The molecule has 0 bridgehead atoms. The Labute approximate surface area is 185 Å². The molecular formula is C28H21ClF2. The molecule has 0 saturated carbocycles. The van der Waals surface area contributed by atoms with Crippen LogP contribution < -0.4 is 0 Å². The fourth-order valence-electron chi connectivity index (χ4n) is 5.72. The predicted molar refractivity (Wildman–Crippen MR) is 123 cm³/mol. The van der Waals surface area contributed by atoms with E-state index in [0.717, 1.165) is 18.4 Å². The lowest BCUT2D eigenvalue weighted by Crippen LogP contribution is -2.21. The zero-order valence-electron chi connectivity index (χ0n) is 17.1. The normalized spacial score (nSPS) is 22.6. The van der Waals surface area contributed by atoms with E-state index in [1.54, 1.807) is 18.2 Å². The third-order valence-corrected chi connectivity index (χ3v) is 7.45. The van der Waals surface area contributed by atoms with Gasteiger partial charge in [0.1, 0.15) is 0 Å². The van der Waals surface area contributed by atoms with Crippen molar-refractivity contribution in [1.82, 2.24) is 0 Å². The third kappa shape index (κ3) is 2.64. The van der Waals surface area contributed by atoms with Crippen LogP contribution in [0.3, 0.4) is 0 Å². The van der Waals surface area contributed by atoms with E-state index in [0.29, 0.717) is 28.0 Å². The first-order valence-corrected chi connectivity index (χ1v) is 11.2. The van der Waals surface area contributed by atoms with Crippen molar-refractivity contribution in [2.24, 2.45) is 5.92 Å². The van der Waals surface area contributed by atoms with Crippen LogP contribution in [0, 0.1) is 5.92 Å². The standard InChI is InChI=1S/C28H21ClF2/c1-16-19-6-2-4-8-21(19)27(22-9-5-3-7-20(16)22)17-10-12-25-23(14-17)24-15-18(29)11-13-26(24)28(25,30)31/h2,4-6,8-16,20H,3,7H2,1H3. The zero-order valence-corrected chi connectivity index (χ0v) is 17.9. The first-order chi connectivity index (χ1) is 15.0. The lowest BCUT2D eigenvalue weighted by Gasteiger charge is -2.36. The number of allylic oxidation sites excluding steroid dienone is 3. The summed E-state index contributed by atoms with van der Waals surface area (Å²) >= 11 is 6.18. The van der Waals surface area contributed by atoms with Gasteiger partial charge in [-0.1, -0.05) is 73.1 Å². The summed E-state index contributed by atoms with van der Waals surface area (Å²) in [7, 11) is 0. The summed E-state index contributed by atoms with van der Waals surface area (Å²) in [4.78, 5) is 0. The molecule has 3 aliphatic rings. The van der Waals surface area contributed by atoms with Crippen LogP contribution in [0.1, 0.15) is 53.5 Å². The van der Waals surface area contributed by atoms with E-state index in [2.05, 4.69) is 43.3 Å².